The zero-order chi connectivity index (χ0) is 12.3. The Labute approximate surface area is 91.1 Å². The van der Waals surface area contributed by atoms with Gasteiger partial charge >= 0.3 is 0 Å². The molecule has 0 bridgehead atoms. The van der Waals surface area contributed by atoms with Crippen LogP contribution in [-0.4, -0.2) is 18.6 Å². The Hall–Kier alpha value is -1.77. The lowest BCUT2D eigenvalue weighted by molar-refractivity contribution is 0.463. The standard InChI is InChI=1S/C10H10F3N3/c1-6(4-14)5-16(2)10-8(12)3-7(11)9(13)15-10/h3,6H,5H2,1-2H3. The number of aromatic nitrogens is 1. The maximum atomic E-state index is 13.2. The molecular weight excluding hydrogens is 219 g/mol. The number of nitriles is 1. The summed E-state index contributed by atoms with van der Waals surface area (Å²) in [5.74, 6) is -4.30. The van der Waals surface area contributed by atoms with Crippen molar-refractivity contribution < 1.29 is 13.2 Å². The molecule has 16 heavy (non-hydrogen) atoms. The van der Waals surface area contributed by atoms with Gasteiger partial charge in [0.2, 0.25) is 0 Å². The number of anilines is 1. The van der Waals surface area contributed by atoms with E-state index in [-0.39, 0.29) is 18.3 Å². The highest BCUT2D eigenvalue weighted by Gasteiger charge is 2.16. The predicted molar refractivity (Wildman–Crippen MR) is 52.2 cm³/mol. The molecule has 0 saturated carbocycles. The van der Waals surface area contributed by atoms with Gasteiger partial charge in [-0.15, -0.1) is 0 Å². The molecule has 0 spiro atoms. The number of rotatable bonds is 3. The van der Waals surface area contributed by atoms with E-state index in [0.29, 0.717) is 6.07 Å². The summed E-state index contributed by atoms with van der Waals surface area (Å²) in [7, 11) is 1.45. The summed E-state index contributed by atoms with van der Waals surface area (Å²) in [6.45, 7) is 1.82. The molecule has 0 aliphatic heterocycles. The third-order valence-electron chi connectivity index (χ3n) is 2.00. The summed E-state index contributed by atoms with van der Waals surface area (Å²) >= 11 is 0. The topological polar surface area (TPSA) is 39.9 Å². The van der Waals surface area contributed by atoms with Crippen LogP contribution >= 0.6 is 0 Å². The Bertz CT molecular complexity index is 428. The van der Waals surface area contributed by atoms with Gasteiger partial charge in [-0.05, 0) is 6.92 Å². The highest BCUT2D eigenvalue weighted by molar-refractivity contribution is 5.39. The first-order valence-corrected chi connectivity index (χ1v) is 4.58. The lowest BCUT2D eigenvalue weighted by Crippen LogP contribution is -2.25. The van der Waals surface area contributed by atoms with Crippen LogP contribution in [0.5, 0.6) is 0 Å². The Morgan fingerprint density at radius 2 is 2.06 bits per heavy atom. The molecule has 0 radical (unpaired) electrons. The van der Waals surface area contributed by atoms with E-state index in [9.17, 15) is 13.2 Å². The molecule has 86 valence electrons. The average molecular weight is 229 g/mol. The van der Waals surface area contributed by atoms with Crippen molar-refractivity contribution in [2.75, 3.05) is 18.5 Å². The van der Waals surface area contributed by atoms with Crippen molar-refractivity contribution in [1.82, 2.24) is 4.98 Å². The zero-order valence-electron chi connectivity index (χ0n) is 8.84. The van der Waals surface area contributed by atoms with E-state index < -0.39 is 17.6 Å². The molecule has 1 heterocycles. The monoisotopic (exact) mass is 229 g/mol. The molecule has 3 nitrogen and oxygen atoms in total. The van der Waals surface area contributed by atoms with Gasteiger partial charge in [0.05, 0.1) is 12.0 Å². The maximum Gasteiger partial charge on any atom is 0.251 e. The second kappa shape index (κ2) is 4.84. The smallest absolute Gasteiger partial charge is 0.251 e. The second-order valence-electron chi connectivity index (χ2n) is 3.48. The predicted octanol–water partition coefficient (Wildman–Crippen LogP) is 2.09. The van der Waals surface area contributed by atoms with Crippen LogP contribution in [0.15, 0.2) is 6.07 Å². The molecule has 1 unspecified atom stereocenters. The SMILES string of the molecule is CC(C#N)CN(C)c1nc(F)c(F)cc1F. The summed E-state index contributed by atoms with van der Waals surface area (Å²) in [5, 5.41) is 8.57. The van der Waals surface area contributed by atoms with Crippen molar-refractivity contribution in [3.8, 4) is 6.07 Å². The number of hydrogen-bond donors (Lipinski definition) is 0. The molecule has 0 aromatic carbocycles. The summed E-state index contributed by atoms with van der Waals surface area (Å²) in [6, 6.07) is 2.39. The van der Waals surface area contributed by atoms with Gasteiger partial charge in [-0.1, -0.05) is 0 Å². The first kappa shape index (κ1) is 12.3. The summed E-state index contributed by atoms with van der Waals surface area (Å²) in [4.78, 5) is 4.43. The molecule has 0 aliphatic rings. The molecule has 0 fully saturated rings. The van der Waals surface area contributed by atoms with Gasteiger partial charge in [0.1, 0.15) is 0 Å². The number of pyridine rings is 1. The molecule has 0 N–H and O–H groups in total. The van der Waals surface area contributed by atoms with E-state index in [1.807, 2.05) is 6.07 Å². The molecule has 1 aromatic rings. The summed E-state index contributed by atoms with van der Waals surface area (Å²) in [6.07, 6.45) is 0. The van der Waals surface area contributed by atoms with Gasteiger partial charge in [-0.25, -0.2) is 8.78 Å². The molecule has 0 saturated heterocycles. The molecular formula is C10H10F3N3. The van der Waals surface area contributed by atoms with Crippen molar-refractivity contribution in [2.45, 2.75) is 6.92 Å². The fourth-order valence-corrected chi connectivity index (χ4v) is 1.24. The highest BCUT2D eigenvalue weighted by atomic mass is 19.2. The number of halogens is 3. The minimum atomic E-state index is -1.35. The zero-order valence-corrected chi connectivity index (χ0v) is 8.84. The first-order valence-electron chi connectivity index (χ1n) is 4.58. The van der Waals surface area contributed by atoms with E-state index in [0.717, 1.165) is 0 Å². The molecule has 1 atom stereocenters. The van der Waals surface area contributed by atoms with Crippen molar-refractivity contribution >= 4 is 5.82 Å². The Morgan fingerprint density at radius 1 is 1.44 bits per heavy atom. The first-order chi connectivity index (χ1) is 7.45. The average Bonchev–Trinajstić information content (AvgIpc) is 2.23. The van der Waals surface area contributed by atoms with Crippen LogP contribution in [0, 0.1) is 34.8 Å². The number of nitrogens with zero attached hydrogens (tertiary/aromatic N) is 3. The number of hydrogen-bond acceptors (Lipinski definition) is 3. The molecule has 6 heteroatoms. The van der Waals surface area contributed by atoms with Crippen molar-refractivity contribution in [3.63, 3.8) is 0 Å². The summed E-state index contributed by atoms with van der Waals surface area (Å²) in [5.41, 5.74) is 0. The van der Waals surface area contributed by atoms with Crippen LogP contribution in [0.2, 0.25) is 0 Å². The normalized spacial score (nSPS) is 12.0. The Balaban J connectivity index is 2.96. The van der Waals surface area contributed by atoms with E-state index in [1.165, 1.54) is 11.9 Å². The van der Waals surface area contributed by atoms with Gasteiger partial charge < -0.3 is 4.90 Å². The minimum absolute atomic E-state index is 0.186. The third-order valence-corrected chi connectivity index (χ3v) is 2.00. The van der Waals surface area contributed by atoms with E-state index >= 15 is 0 Å². The van der Waals surface area contributed by atoms with Gasteiger partial charge in [0, 0.05) is 19.7 Å². The Morgan fingerprint density at radius 3 is 2.62 bits per heavy atom. The van der Waals surface area contributed by atoms with Crippen molar-refractivity contribution in [1.29, 1.82) is 5.26 Å². The van der Waals surface area contributed by atoms with Crippen molar-refractivity contribution in [3.05, 3.63) is 23.6 Å². The van der Waals surface area contributed by atoms with Crippen LogP contribution in [0.4, 0.5) is 19.0 Å². The van der Waals surface area contributed by atoms with Crippen LogP contribution in [-0.2, 0) is 0 Å². The van der Waals surface area contributed by atoms with E-state index in [4.69, 9.17) is 5.26 Å². The lowest BCUT2D eigenvalue weighted by atomic mass is 10.2. The van der Waals surface area contributed by atoms with E-state index in [2.05, 4.69) is 4.98 Å². The molecule has 0 amide bonds. The van der Waals surface area contributed by atoms with Gasteiger partial charge in [0.15, 0.2) is 17.5 Å². The van der Waals surface area contributed by atoms with Crippen LogP contribution < -0.4 is 4.90 Å². The largest absolute Gasteiger partial charge is 0.356 e. The van der Waals surface area contributed by atoms with Crippen LogP contribution in [0.25, 0.3) is 0 Å². The molecule has 1 rings (SSSR count). The van der Waals surface area contributed by atoms with E-state index in [1.54, 1.807) is 6.92 Å². The second-order valence-corrected chi connectivity index (χ2v) is 3.48. The van der Waals surface area contributed by atoms with Crippen molar-refractivity contribution in [2.24, 2.45) is 5.92 Å². The fourth-order valence-electron chi connectivity index (χ4n) is 1.24. The Kier molecular flexibility index (Phi) is 3.72. The van der Waals surface area contributed by atoms with Crippen LogP contribution in [0.1, 0.15) is 6.92 Å². The van der Waals surface area contributed by atoms with Gasteiger partial charge in [0.25, 0.3) is 5.95 Å². The molecule has 0 aliphatic carbocycles. The third kappa shape index (κ3) is 2.63. The fraction of sp³-hybridized carbons (Fsp3) is 0.400. The summed E-state index contributed by atoms with van der Waals surface area (Å²) < 4.78 is 38.6. The lowest BCUT2D eigenvalue weighted by Gasteiger charge is -2.19. The minimum Gasteiger partial charge on any atom is -0.356 e. The quantitative estimate of drug-likeness (QED) is 0.745. The van der Waals surface area contributed by atoms with Gasteiger partial charge in [-0.2, -0.15) is 14.6 Å². The molecule has 1 aromatic heterocycles. The van der Waals surface area contributed by atoms with Gasteiger partial charge in [-0.3, -0.25) is 0 Å². The van der Waals surface area contributed by atoms with Crippen LogP contribution in [0.3, 0.4) is 0 Å². The highest BCUT2D eigenvalue weighted by Crippen LogP contribution is 2.18. The maximum absolute atomic E-state index is 13.2.